The second-order valence-corrected chi connectivity index (χ2v) is 4.79. The molecule has 1 rings (SSSR count). The van der Waals surface area contributed by atoms with Gasteiger partial charge in [0.05, 0.1) is 9.88 Å². The Morgan fingerprint density at radius 3 is 2.92 bits per heavy atom. The molecule has 1 heterocycles. The van der Waals surface area contributed by atoms with Crippen LogP contribution in [0.15, 0.2) is 12.1 Å². The van der Waals surface area contributed by atoms with Gasteiger partial charge < -0.3 is 4.90 Å². The molecule has 0 aliphatic carbocycles. The molecule has 0 aromatic carbocycles. The molecule has 0 unspecified atom stereocenters. The lowest BCUT2D eigenvalue weighted by Gasteiger charge is -2.15. The van der Waals surface area contributed by atoms with Crippen molar-refractivity contribution in [3.63, 3.8) is 0 Å². The molecule has 13 heavy (non-hydrogen) atoms. The van der Waals surface area contributed by atoms with Crippen LogP contribution >= 0.6 is 23.1 Å². The first-order chi connectivity index (χ1) is 6.27. The third-order valence-electron chi connectivity index (χ3n) is 1.74. The molecule has 0 N–H and O–H groups in total. The lowest BCUT2D eigenvalue weighted by Crippen LogP contribution is -2.18. The molecule has 2 nitrogen and oxygen atoms in total. The summed E-state index contributed by atoms with van der Waals surface area (Å²) in [4.78, 5) is 13.4. The summed E-state index contributed by atoms with van der Waals surface area (Å²) in [7, 11) is 2.05. The molecule has 0 aliphatic rings. The molecule has 72 valence electrons. The zero-order valence-electron chi connectivity index (χ0n) is 7.82. The smallest absolute Gasteiger partial charge is 0.160 e. The van der Waals surface area contributed by atoms with E-state index in [1.54, 1.807) is 11.3 Å². The normalized spacial score (nSPS) is 10.0. The molecular weight excluding hydrogens is 202 g/mol. The van der Waals surface area contributed by atoms with E-state index in [0.717, 1.165) is 28.5 Å². The number of aldehydes is 1. The van der Waals surface area contributed by atoms with Crippen molar-refractivity contribution < 1.29 is 4.79 Å². The van der Waals surface area contributed by atoms with Crippen molar-refractivity contribution >= 4 is 34.4 Å². The van der Waals surface area contributed by atoms with Crippen molar-refractivity contribution in [2.45, 2.75) is 0 Å². The van der Waals surface area contributed by atoms with Crippen molar-refractivity contribution in [1.29, 1.82) is 0 Å². The number of thiophene rings is 1. The maximum absolute atomic E-state index is 10.4. The molecular formula is C9H13NOS2. The van der Waals surface area contributed by atoms with Crippen LogP contribution in [-0.2, 0) is 0 Å². The van der Waals surface area contributed by atoms with E-state index in [-0.39, 0.29) is 0 Å². The van der Waals surface area contributed by atoms with Gasteiger partial charge in [-0.1, -0.05) is 0 Å². The van der Waals surface area contributed by atoms with E-state index < -0.39 is 0 Å². The number of hydrogen-bond acceptors (Lipinski definition) is 4. The summed E-state index contributed by atoms with van der Waals surface area (Å²) >= 11 is 3.37. The second kappa shape index (κ2) is 5.29. The summed E-state index contributed by atoms with van der Waals surface area (Å²) < 4.78 is 0. The van der Waals surface area contributed by atoms with Gasteiger partial charge in [0.25, 0.3) is 0 Å². The average Bonchev–Trinajstić information content (AvgIpc) is 2.62. The zero-order valence-corrected chi connectivity index (χ0v) is 9.45. The van der Waals surface area contributed by atoms with E-state index in [9.17, 15) is 4.79 Å². The standard InChI is InChI=1S/C9H13NOS2/c1-10(5-6-12-2)9-4-3-8(7-11)13-9/h3-4,7H,5-6H2,1-2H3. The van der Waals surface area contributed by atoms with Crippen molar-refractivity contribution in [3.8, 4) is 0 Å². The number of carbonyl (C=O) groups is 1. The van der Waals surface area contributed by atoms with Crippen LogP contribution in [-0.4, -0.2) is 31.9 Å². The molecule has 0 spiro atoms. The van der Waals surface area contributed by atoms with Crippen LogP contribution in [0.3, 0.4) is 0 Å². The van der Waals surface area contributed by atoms with Crippen molar-refractivity contribution in [3.05, 3.63) is 17.0 Å². The van der Waals surface area contributed by atoms with E-state index in [1.807, 2.05) is 23.9 Å². The highest BCUT2D eigenvalue weighted by Crippen LogP contribution is 2.23. The molecule has 0 radical (unpaired) electrons. The SMILES string of the molecule is CSCCN(C)c1ccc(C=O)s1. The quantitative estimate of drug-likeness (QED) is 0.703. The lowest BCUT2D eigenvalue weighted by molar-refractivity contribution is 0.112. The summed E-state index contributed by atoms with van der Waals surface area (Å²) in [6.07, 6.45) is 3.00. The minimum atomic E-state index is 0.797. The number of rotatable bonds is 5. The fourth-order valence-electron chi connectivity index (χ4n) is 0.949. The van der Waals surface area contributed by atoms with Gasteiger partial charge in [-0.05, 0) is 18.4 Å². The minimum Gasteiger partial charge on any atom is -0.366 e. The Morgan fingerprint density at radius 2 is 2.38 bits per heavy atom. The summed E-state index contributed by atoms with van der Waals surface area (Å²) in [6, 6.07) is 3.86. The Hall–Kier alpha value is -0.480. The second-order valence-electron chi connectivity index (χ2n) is 2.71. The Morgan fingerprint density at radius 1 is 1.62 bits per heavy atom. The van der Waals surface area contributed by atoms with Gasteiger partial charge in [0.1, 0.15) is 0 Å². The van der Waals surface area contributed by atoms with Crippen molar-refractivity contribution in [2.75, 3.05) is 30.5 Å². The molecule has 0 saturated carbocycles. The average molecular weight is 215 g/mol. The van der Waals surface area contributed by atoms with Crippen LogP contribution in [0.5, 0.6) is 0 Å². The van der Waals surface area contributed by atoms with Crippen molar-refractivity contribution in [2.24, 2.45) is 0 Å². The molecule has 0 bridgehead atoms. The Labute approximate surface area is 86.9 Å². The predicted molar refractivity (Wildman–Crippen MR) is 61.4 cm³/mol. The van der Waals surface area contributed by atoms with E-state index >= 15 is 0 Å². The van der Waals surface area contributed by atoms with Gasteiger partial charge in [-0.25, -0.2) is 0 Å². The van der Waals surface area contributed by atoms with Gasteiger partial charge in [0.15, 0.2) is 6.29 Å². The maximum atomic E-state index is 10.4. The third-order valence-corrected chi connectivity index (χ3v) is 3.45. The Balaban J connectivity index is 2.54. The van der Waals surface area contributed by atoms with Crippen LogP contribution in [0.1, 0.15) is 9.67 Å². The summed E-state index contributed by atoms with van der Waals surface area (Å²) in [5, 5.41) is 1.16. The van der Waals surface area contributed by atoms with Crippen LogP contribution in [0.25, 0.3) is 0 Å². The Kier molecular flexibility index (Phi) is 4.32. The zero-order chi connectivity index (χ0) is 9.68. The van der Waals surface area contributed by atoms with Gasteiger partial charge in [-0.3, -0.25) is 4.79 Å². The highest BCUT2D eigenvalue weighted by Gasteiger charge is 2.03. The van der Waals surface area contributed by atoms with Gasteiger partial charge >= 0.3 is 0 Å². The minimum absolute atomic E-state index is 0.797. The fraction of sp³-hybridized carbons (Fsp3) is 0.444. The van der Waals surface area contributed by atoms with Gasteiger partial charge in [0, 0.05) is 19.3 Å². The first-order valence-electron chi connectivity index (χ1n) is 4.03. The number of hydrogen-bond donors (Lipinski definition) is 0. The number of anilines is 1. The number of nitrogens with zero attached hydrogens (tertiary/aromatic N) is 1. The molecule has 0 aliphatic heterocycles. The largest absolute Gasteiger partial charge is 0.366 e. The maximum Gasteiger partial charge on any atom is 0.160 e. The highest BCUT2D eigenvalue weighted by molar-refractivity contribution is 7.98. The van der Waals surface area contributed by atoms with Crippen LogP contribution in [0.4, 0.5) is 5.00 Å². The van der Waals surface area contributed by atoms with Crippen LogP contribution in [0.2, 0.25) is 0 Å². The number of thioether (sulfide) groups is 1. The monoisotopic (exact) mass is 215 g/mol. The third kappa shape index (κ3) is 3.04. The molecule has 0 amide bonds. The van der Waals surface area contributed by atoms with Crippen LogP contribution in [0, 0.1) is 0 Å². The molecule has 4 heteroatoms. The number of carbonyl (C=O) groups excluding carboxylic acids is 1. The van der Waals surface area contributed by atoms with Gasteiger partial charge in [0.2, 0.25) is 0 Å². The molecule has 0 atom stereocenters. The summed E-state index contributed by atoms with van der Waals surface area (Å²) in [5.74, 6) is 1.12. The van der Waals surface area contributed by atoms with E-state index in [0.29, 0.717) is 0 Å². The van der Waals surface area contributed by atoms with Gasteiger partial charge in [-0.2, -0.15) is 11.8 Å². The first kappa shape index (κ1) is 10.6. The molecule has 1 aromatic rings. The summed E-state index contributed by atoms with van der Waals surface area (Å²) in [5.41, 5.74) is 0. The molecule has 1 aromatic heterocycles. The van der Waals surface area contributed by atoms with Crippen LogP contribution < -0.4 is 4.90 Å². The van der Waals surface area contributed by atoms with E-state index in [4.69, 9.17) is 0 Å². The molecule has 0 fully saturated rings. The first-order valence-corrected chi connectivity index (χ1v) is 6.24. The predicted octanol–water partition coefficient (Wildman–Crippen LogP) is 2.36. The summed E-state index contributed by atoms with van der Waals surface area (Å²) in [6.45, 7) is 1.03. The van der Waals surface area contributed by atoms with Crippen molar-refractivity contribution in [1.82, 2.24) is 0 Å². The Bertz CT molecular complexity index is 272. The fourth-order valence-corrected chi connectivity index (χ4v) is 2.21. The topological polar surface area (TPSA) is 20.3 Å². The van der Waals surface area contributed by atoms with Gasteiger partial charge in [-0.15, -0.1) is 11.3 Å². The van der Waals surface area contributed by atoms with E-state index in [2.05, 4.69) is 18.2 Å². The van der Waals surface area contributed by atoms with E-state index in [1.165, 1.54) is 0 Å². The lowest BCUT2D eigenvalue weighted by atomic mass is 10.5. The highest BCUT2D eigenvalue weighted by atomic mass is 32.2. The molecule has 0 saturated heterocycles.